The van der Waals surface area contributed by atoms with E-state index in [0.29, 0.717) is 6.54 Å². The van der Waals surface area contributed by atoms with Gasteiger partial charge in [-0.3, -0.25) is 4.79 Å². The highest BCUT2D eigenvalue weighted by Crippen LogP contribution is 2.25. The van der Waals surface area contributed by atoms with Crippen LogP contribution in [0.15, 0.2) is 93.7 Å². The number of amides is 1. The first-order valence-electron chi connectivity index (χ1n) is 9.44. The van der Waals surface area contributed by atoms with Crippen molar-refractivity contribution in [2.45, 2.75) is 11.7 Å². The largest absolute Gasteiger partial charge is 0.465 e. The van der Waals surface area contributed by atoms with Crippen LogP contribution in [0.5, 0.6) is 0 Å². The van der Waals surface area contributed by atoms with Gasteiger partial charge in [-0.05, 0) is 42.0 Å². The number of aromatic nitrogens is 2. The van der Waals surface area contributed by atoms with Gasteiger partial charge in [-0.1, -0.05) is 54.2 Å². The van der Waals surface area contributed by atoms with Crippen LogP contribution in [-0.4, -0.2) is 27.4 Å². The number of carbonyl (C=O) groups excluding carboxylic acids is 1. The fraction of sp³-hybridized carbons (Fsp3) is 0.0870. The van der Waals surface area contributed by atoms with Gasteiger partial charge in [-0.2, -0.15) is 5.10 Å². The minimum atomic E-state index is -0.194. The molecule has 0 spiro atoms. The van der Waals surface area contributed by atoms with Crippen molar-refractivity contribution in [3.05, 3.63) is 90.4 Å². The molecule has 4 aromatic rings. The number of allylic oxidation sites excluding steroid dienone is 1. The fourth-order valence-corrected chi connectivity index (χ4v) is 3.73. The maximum atomic E-state index is 12.2. The van der Waals surface area contributed by atoms with Crippen molar-refractivity contribution in [3.8, 4) is 0 Å². The van der Waals surface area contributed by atoms with E-state index in [1.807, 2.05) is 48.5 Å². The summed E-state index contributed by atoms with van der Waals surface area (Å²) in [5.41, 5.74) is 5.67. The molecule has 0 unspecified atom stereocenters. The molecule has 1 N–H and O–H groups in total. The fourth-order valence-electron chi connectivity index (χ4n) is 2.92. The number of nitrogens with zero attached hydrogens (tertiary/aromatic N) is 3. The molecule has 30 heavy (non-hydrogen) atoms. The summed E-state index contributed by atoms with van der Waals surface area (Å²) in [6.07, 6.45) is 6.57. The van der Waals surface area contributed by atoms with Crippen LogP contribution in [0.2, 0.25) is 0 Å². The Balaban J connectivity index is 1.39. The SMILES string of the molecule is O=C(CSc1nc2ccccc2n1Cc1ccccc1)N/N=C/C=C\c1ccco1. The molecule has 6 nitrogen and oxygen atoms in total. The molecule has 2 heterocycles. The van der Waals surface area contributed by atoms with E-state index in [1.54, 1.807) is 24.5 Å². The van der Waals surface area contributed by atoms with Crippen LogP contribution < -0.4 is 5.43 Å². The number of hydrogen-bond acceptors (Lipinski definition) is 5. The summed E-state index contributed by atoms with van der Waals surface area (Å²) in [5, 5.41) is 4.73. The number of para-hydroxylation sites is 2. The number of fused-ring (bicyclic) bond motifs is 1. The second-order valence-corrected chi connectivity index (χ2v) is 7.37. The van der Waals surface area contributed by atoms with Crippen LogP contribution in [0.1, 0.15) is 11.3 Å². The minimum Gasteiger partial charge on any atom is -0.465 e. The maximum absolute atomic E-state index is 12.2. The van der Waals surface area contributed by atoms with Gasteiger partial charge in [-0.15, -0.1) is 0 Å². The summed E-state index contributed by atoms with van der Waals surface area (Å²) in [4.78, 5) is 16.9. The van der Waals surface area contributed by atoms with Crippen molar-refractivity contribution in [2.75, 3.05) is 5.75 Å². The lowest BCUT2D eigenvalue weighted by atomic mass is 10.2. The number of hydrazone groups is 1. The molecule has 0 aliphatic rings. The van der Waals surface area contributed by atoms with Crippen LogP contribution in [0.4, 0.5) is 0 Å². The van der Waals surface area contributed by atoms with E-state index in [-0.39, 0.29) is 11.7 Å². The Bertz CT molecular complexity index is 1160. The first-order chi connectivity index (χ1) is 14.8. The van der Waals surface area contributed by atoms with Crippen molar-refractivity contribution >= 4 is 41.0 Å². The lowest BCUT2D eigenvalue weighted by Gasteiger charge is -2.09. The Labute approximate surface area is 178 Å². The molecule has 0 fully saturated rings. The van der Waals surface area contributed by atoms with E-state index < -0.39 is 0 Å². The van der Waals surface area contributed by atoms with Crippen LogP contribution >= 0.6 is 11.8 Å². The first-order valence-corrected chi connectivity index (χ1v) is 10.4. The van der Waals surface area contributed by atoms with Gasteiger partial charge in [-0.25, -0.2) is 10.4 Å². The summed E-state index contributed by atoms with van der Waals surface area (Å²) in [6.45, 7) is 0.695. The highest BCUT2D eigenvalue weighted by atomic mass is 32.2. The topological polar surface area (TPSA) is 72.4 Å². The van der Waals surface area contributed by atoms with Crippen LogP contribution in [-0.2, 0) is 11.3 Å². The quantitative estimate of drug-likeness (QED) is 0.259. The molecule has 1 amide bonds. The molecule has 2 aromatic carbocycles. The minimum absolute atomic E-state index is 0.194. The van der Waals surface area contributed by atoms with Crippen molar-refractivity contribution in [1.29, 1.82) is 0 Å². The smallest absolute Gasteiger partial charge is 0.250 e. The number of hydrogen-bond donors (Lipinski definition) is 1. The monoisotopic (exact) mass is 416 g/mol. The zero-order chi connectivity index (χ0) is 20.6. The third kappa shape index (κ3) is 5.07. The summed E-state index contributed by atoms with van der Waals surface area (Å²) in [6, 6.07) is 21.8. The number of nitrogens with one attached hydrogen (secondary N) is 1. The average molecular weight is 417 g/mol. The molecule has 0 atom stereocenters. The van der Waals surface area contributed by atoms with Gasteiger partial charge >= 0.3 is 0 Å². The Morgan fingerprint density at radius 1 is 1.10 bits per heavy atom. The number of furan rings is 1. The Hall–Kier alpha value is -3.58. The third-order valence-corrected chi connectivity index (χ3v) is 5.27. The van der Waals surface area contributed by atoms with Gasteiger partial charge < -0.3 is 8.98 Å². The standard InChI is InChI=1S/C23H20N4O2S/c28-22(26-24-14-6-10-19-11-7-15-29-19)17-30-23-25-20-12-4-5-13-21(20)27(23)16-18-8-2-1-3-9-18/h1-15H,16-17H2,(H,26,28)/b10-6-,24-14+. The molecule has 2 aromatic heterocycles. The molecule has 0 aliphatic heterocycles. The molecule has 0 saturated carbocycles. The number of rotatable bonds is 8. The third-order valence-electron chi connectivity index (χ3n) is 4.29. The van der Waals surface area contributed by atoms with Gasteiger partial charge in [0.25, 0.3) is 5.91 Å². The average Bonchev–Trinajstić information content (AvgIpc) is 3.41. The predicted octanol–water partition coefficient (Wildman–Crippen LogP) is 4.59. The second-order valence-electron chi connectivity index (χ2n) is 6.43. The normalized spacial score (nSPS) is 11.6. The lowest BCUT2D eigenvalue weighted by molar-refractivity contribution is -0.118. The Morgan fingerprint density at radius 3 is 2.77 bits per heavy atom. The van der Waals surface area contributed by atoms with Gasteiger partial charge in [0, 0.05) is 6.21 Å². The second kappa shape index (κ2) is 9.76. The first kappa shape index (κ1) is 19.7. The van der Waals surface area contributed by atoms with Crippen molar-refractivity contribution < 1.29 is 9.21 Å². The van der Waals surface area contributed by atoms with E-state index in [4.69, 9.17) is 9.40 Å². The molecule has 150 valence electrons. The number of benzene rings is 2. The van der Waals surface area contributed by atoms with Crippen LogP contribution in [0.3, 0.4) is 0 Å². The van der Waals surface area contributed by atoms with Crippen LogP contribution in [0, 0.1) is 0 Å². The molecule has 0 bridgehead atoms. The molecule has 0 aliphatic carbocycles. The summed E-state index contributed by atoms with van der Waals surface area (Å²) >= 11 is 1.39. The van der Waals surface area contributed by atoms with E-state index in [2.05, 4.69) is 27.2 Å². The van der Waals surface area contributed by atoms with Crippen molar-refractivity contribution in [3.63, 3.8) is 0 Å². The summed E-state index contributed by atoms with van der Waals surface area (Å²) < 4.78 is 7.32. The number of imidazole rings is 1. The molecule has 7 heteroatoms. The Kier molecular flexibility index (Phi) is 6.41. The van der Waals surface area contributed by atoms with E-state index in [1.165, 1.54) is 23.5 Å². The summed E-state index contributed by atoms with van der Waals surface area (Å²) in [7, 11) is 0. The maximum Gasteiger partial charge on any atom is 0.250 e. The predicted molar refractivity (Wildman–Crippen MR) is 120 cm³/mol. The Morgan fingerprint density at radius 2 is 1.93 bits per heavy atom. The van der Waals surface area contributed by atoms with Crippen molar-refractivity contribution in [1.82, 2.24) is 15.0 Å². The van der Waals surface area contributed by atoms with E-state index in [9.17, 15) is 4.79 Å². The number of thioether (sulfide) groups is 1. The highest BCUT2D eigenvalue weighted by molar-refractivity contribution is 7.99. The lowest BCUT2D eigenvalue weighted by Crippen LogP contribution is -2.19. The van der Waals surface area contributed by atoms with Gasteiger partial charge in [0.15, 0.2) is 5.16 Å². The molecular weight excluding hydrogens is 396 g/mol. The van der Waals surface area contributed by atoms with Crippen LogP contribution in [0.25, 0.3) is 17.1 Å². The summed E-state index contributed by atoms with van der Waals surface area (Å²) in [5.74, 6) is 0.749. The van der Waals surface area contributed by atoms with Gasteiger partial charge in [0.1, 0.15) is 5.76 Å². The molecule has 0 radical (unpaired) electrons. The van der Waals surface area contributed by atoms with E-state index >= 15 is 0 Å². The highest BCUT2D eigenvalue weighted by Gasteiger charge is 2.13. The van der Waals surface area contributed by atoms with Gasteiger partial charge in [0.2, 0.25) is 0 Å². The van der Waals surface area contributed by atoms with E-state index in [0.717, 1.165) is 22.0 Å². The van der Waals surface area contributed by atoms with Gasteiger partial charge in [0.05, 0.1) is 29.6 Å². The molecule has 0 saturated heterocycles. The molecule has 4 rings (SSSR count). The molecular formula is C23H20N4O2S. The number of carbonyl (C=O) groups is 1. The zero-order valence-corrected chi connectivity index (χ0v) is 17.0. The zero-order valence-electron chi connectivity index (χ0n) is 16.1. The van der Waals surface area contributed by atoms with Crippen molar-refractivity contribution in [2.24, 2.45) is 5.10 Å².